The van der Waals surface area contributed by atoms with E-state index in [1.54, 1.807) is 0 Å². The molecule has 7 nitrogen and oxygen atoms in total. The van der Waals surface area contributed by atoms with Gasteiger partial charge in [-0.05, 0) is 31.2 Å². The second-order valence-electron chi connectivity index (χ2n) is 4.00. The summed E-state index contributed by atoms with van der Waals surface area (Å²) in [4.78, 5) is 26.2. The molecule has 17 heavy (non-hydrogen) atoms. The van der Waals surface area contributed by atoms with Gasteiger partial charge in [0, 0.05) is 11.0 Å². The van der Waals surface area contributed by atoms with Crippen LogP contribution in [-0.2, 0) is 19.1 Å². The minimum absolute atomic E-state index is 0.164. The number of hydrogen-bond donors (Lipinski definition) is 0. The minimum atomic E-state index is -1.23. The number of esters is 2. The minimum Gasteiger partial charge on any atom is -0.468 e. The Labute approximate surface area is 98.7 Å². The van der Waals surface area contributed by atoms with Crippen LogP contribution in [0.15, 0.2) is 5.11 Å². The van der Waals surface area contributed by atoms with Gasteiger partial charge in [0.1, 0.15) is 0 Å². The SMILES string of the molecule is COC(=O)C1(C(=O)OC)CCC(N=[N+]=[N-])CC1. The molecule has 0 bridgehead atoms. The molecule has 0 amide bonds. The molecule has 1 rings (SSSR count). The number of rotatable bonds is 3. The van der Waals surface area contributed by atoms with Gasteiger partial charge >= 0.3 is 11.9 Å². The largest absolute Gasteiger partial charge is 0.468 e. The van der Waals surface area contributed by atoms with E-state index < -0.39 is 17.4 Å². The van der Waals surface area contributed by atoms with Gasteiger partial charge in [-0.2, -0.15) is 0 Å². The van der Waals surface area contributed by atoms with E-state index in [1.165, 1.54) is 14.2 Å². The van der Waals surface area contributed by atoms with Crippen LogP contribution in [0.2, 0.25) is 0 Å². The maximum Gasteiger partial charge on any atom is 0.323 e. The molecule has 7 heteroatoms. The molecule has 0 N–H and O–H groups in total. The third kappa shape index (κ3) is 2.50. The fourth-order valence-electron chi connectivity index (χ4n) is 2.17. The number of hydrogen-bond acceptors (Lipinski definition) is 5. The highest BCUT2D eigenvalue weighted by Crippen LogP contribution is 2.39. The Bertz CT molecular complexity index is 337. The molecule has 0 atom stereocenters. The van der Waals surface area contributed by atoms with Crippen molar-refractivity contribution in [3.63, 3.8) is 0 Å². The van der Waals surface area contributed by atoms with Crippen molar-refractivity contribution in [3.05, 3.63) is 10.4 Å². The predicted molar refractivity (Wildman–Crippen MR) is 57.9 cm³/mol. The van der Waals surface area contributed by atoms with Crippen molar-refractivity contribution in [1.29, 1.82) is 0 Å². The van der Waals surface area contributed by atoms with Crippen LogP contribution >= 0.6 is 0 Å². The zero-order valence-corrected chi connectivity index (χ0v) is 9.88. The van der Waals surface area contributed by atoms with Crippen LogP contribution in [0.4, 0.5) is 0 Å². The van der Waals surface area contributed by atoms with E-state index in [1.807, 2.05) is 0 Å². The highest BCUT2D eigenvalue weighted by Gasteiger charge is 2.50. The first-order valence-corrected chi connectivity index (χ1v) is 5.31. The number of carbonyl (C=O) groups is 2. The number of carbonyl (C=O) groups excluding carboxylic acids is 2. The number of methoxy groups -OCH3 is 2. The maximum atomic E-state index is 11.7. The summed E-state index contributed by atoms with van der Waals surface area (Å²) in [5, 5.41) is 3.60. The average Bonchev–Trinajstić information content (AvgIpc) is 2.38. The number of azide groups is 1. The molecule has 0 aliphatic heterocycles. The van der Waals surface area contributed by atoms with E-state index in [-0.39, 0.29) is 18.9 Å². The Kier molecular flexibility index (Phi) is 4.34. The maximum absolute atomic E-state index is 11.7. The Morgan fingerprint density at radius 1 is 1.24 bits per heavy atom. The Balaban J connectivity index is 2.86. The molecule has 0 saturated heterocycles. The lowest BCUT2D eigenvalue weighted by molar-refractivity contribution is -0.171. The van der Waals surface area contributed by atoms with Crippen molar-refractivity contribution in [1.82, 2.24) is 0 Å². The van der Waals surface area contributed by atoms with Gasteiger partial charge in [-0.25, -0.2) is 0 Å². The molecule has 0 aromatic rings. The third-order valence-electron chi connectivity index (χ3n) is 3.18. The molecule has 1 aliphatic carbocycles. The molecule has 94 valence electrons. The summed E-state index contributed by atoms with van der Waals surface area (Å²) in [6, 6.07) is -0.164. The van der Waals surface area contributed by atoms with E-state index in [0.29, 0.717) is 12.8 Å². The van der Waals surface area contributed by atoms with Gasteiger partial charge in [0.25, 0.3) is 0 Å². The normalized spacial score (nSPS) is 18.9. The summed E-state index contributed by atoms with van der Waals surface area (Å²) in [6.07, 6.45) is 1.54. The fraction of sp³-hybridized carbons (Fsp3) is 0.800. The first-order chi connectivity index (χ1) is 8.10. The van der Waals surface area contributed by atoms with Crippen LogP contribution in [0, 0.1) is 5.41 Å². The Hall–Kier alpha value is -1.75. The molecule has 0 spiro atoms. The average molecular weight is 241 g/mol. The molecule has 0 radical (unpaired) electrons. The zero-order valence-electron chi connectivity index (χ0n) is 9.88. The van der Waals surface area contributed by atoms with Crippen LogP contribution in [0.1, 0.15) is 25.7 Å². The fourth-order valence-corrected chi connectivity index (χ4v) is 2.17. The van der Waals surface area contributed by atoms with E-state index in [9.17, 15) is 9.59 Å². The summed E-state index contributed by atoms with van der Waals surface area (Å²) in [5.41, 5.74) is 7.10. The van der Waals surface area contributed by atoms with Crippen molar-refractivity contribution in [2.24, 2.45) is 10.5 Å². The van der Waals surface area contributed by atoms with E-state index in [4.69, 9.17) is 5.53 Å². The molecule has 1 saturated carbocycles. The highest BCUT2D eigenvalue weighted by molar-refractivity contribution is 6.00. The van der Waals surface area contributed by atoms with Crippen molar-refractivity contribution in [2.75, 3.05) is 14.2 Å². The second-order valence-corrected chi connectivity index (χ2v) is 4.00. The first-order valence-electron chi connectivity index (χ1n) is 5.31. The molecule has 0 heterocycles. The van der Waals surface area contributed by atoms with Crippen molar-refractivity contribution >= 4 is 11.9 Å². The summed E-state index contributed by atoms with van der Waals surface area (Å²) in [6.45, 7) is 0. The topological polar surface area (TPSA) is 101 Å². The molecular weight excluding hydrogens is 226 g/mol. The lowest BCUT2D eigenvalue weighted by Crippen LogP contribution is -2.44. The summed E-state index contributed by atoms with van der Waals surface area (Å²) in [7, 11) is 2.49. The molecule has 0 aromatic carbocycles. The molecule has 0 unspecified atom stereocenters. The Morgan fingerprint density at radius 2 is 1.71 bits per heavy atom. The Morgan fingerprint density at radius 3 is 2.06 bits per heavy atom. The summed E-state index contributed by atoms with van der Waals surface area (Å²) < 4.78 is 9.34. The van der Waals surface area contributed by atoms with Crippen molar-refractivity contribution in [2.45, 2.75) is 31.7 Å². The van der Waals surface area contributed by atoms with Gasteiger partial charge in [0.2, 0.25) is 0 Å². The quantitative estimate of drug-likeness (QED) is 0.246. The zero-order chi connectivity index (χ0) is 12.9. The van der Waals surface area contributed by atoms with E-state index >= 15 is 0 Å². The standard InChI is InChI=1S/C10H15N3O4/c1-16-8(14)10(9(15)17-2)5-3-7(4-6-10)12-13-11/h7H,3-6H2,1-2H3. The van der Waals surface area contributed by atoms with Gasteiger partial charge in [-0.3, -0.25) is 9.59 Å². The highest BCUT2D eigenvalue weighted by atomic mass is 16.5. The van der Waals surface area contributed by atoms with E-state index in [2.05, 4.69) is 19.5 Å². The number of ether oxygens (including phenoxy) is 2. The lowest BCUT2D eigenvalue weighted by Gasteiger charge is -2.33. The van der Waals surface area contributed by atoms with Gasteiger partial charge < -0.3 is 9.47 Å². The first kappa shape index (κ1) is 13.3. The van der Waals surface area contributed by atoms with Gasteiger partial charge in [-0.1, -0.05) is 5.11 Å². The van der Waals surface area contributed by atoms with Gasteiger partial charge in [-0.15, -0.1) is 0 Å². The second kappa shape index (κ2) is 5.54. The molecule has 1 fully saturated rings. The smallest absolute Gasteiger partial charge is 0.323 e. The predicted octanol–water partition coefficient (Wildman–Crippen LogP) is 1.57. The van der Waals surface area contributed by atoms with Crippen molar-refractivity contribution < 1.29 is 19.1 Å². The number of nitrogens with zero attached hydrogens (tertiary/aromatic N) is 3. The van der Waals surface area contributed by atoms with E-state index in [0.717, 1.165) is 0 Å². The van der Waals surface area contributed by atoms with Gasteiger partial charge in [0.05, 0.1) is 14.2 Å². The van der Waals surface area contributed by atoms with Crippen LogP contribution in [-0.4, -0.2) is 32.2 Å². The van der Waals surface area contributed by atoms with Crippen LogP contribution in [0.25, 0.3) is 10.4 Å². The lowest BCUT2D eigenvalue weighted by atomic mass is 9.72. The summed E-state index contributed by atoms with van der Waals surface area (Å²) >= 11 is 0. The molecule has 1 aliphatic rings. The van der Waals surface area contributed by atoms with Gasteiger partial charge in [0.15, 0.2) is 5.41 Å². The molecule has 0 aromatic heterocycles. The summed E-state index contributed by atoms with van der Waals surface area (Å²) in [5.74, 6) is -1.16. The molecular formula is C10H15N3O4. The van der Waals surface area contributed by atoms with Crippen LogP contribution in [0.3, 0.4) is 0 Å². The third-order valence-corrected chi connectivity index (χ3v) is 3.18. The monoisotopic (exact) mass is 241 g/mol. The van der Waals surface area contributed by atoms with Crippen molar-refractivity contribution in [3.8, 4) is 0 Å². The van der Waals surface area contributed by atoms with Crippen LogP contribution in [0.5, 0.6) is 0 Å². The van der Waals surface area contributed by atoms with Crippen LogP contribution < -0.4 is 0 Å².